The van der Waals surface area contributed by atoms with E-state index in [9.17, 15) is 4.79 Å². The van der Waals surface area contributed by atoms with Gasteiger partial charge in [-0.2, -0.15) is 4.57 Å². The summed E-state index contributed by atoms with van der Waals surface area (Å²) in [5, 5.41) is 3.37. The van der Waals surface area contributed by atoms with Crippen molar-refractivity contribution in [3.63, 3.8) is 0 Å². The van der Waals surface area contributed by atoms with E-state index in [0.717, 1.165) is 34.1 Å². The summed E-state index contributed by atoms with van der Waals surface area (Å²) in [6.45, 7) is 11.4. The number of rotatable bonds is 9. The number of hydrogen-bond donors (Lipinski definition) is 1. The van der Waals surface area contributed by atoms with Crippen LogP contribution in [0, 0.1) is 0 Å². The summed E-state index contributed by atoms with van der Waals surface area (Å²) < 4.78 is 7.13. The molecular formula is C26H28N3O2+. The lowest BCUT2D eigenvalue weighted by molar-refractivity contribution is -0.553. The molecule has 0 fully saturated rings. The lowest BCUT2D eigenvalue weighted by atomic mass is 10.1. The Morgan fingerprint density at radius 2 is 2.00 bits per heavy atom. The summed E-state index contributed by atoms with van der Waals surface area (Å²) >= 11 is 0. The molecule has 1 atom stereocenters. The molecule has 0 radical (unpaired) electrons. The third-order valence-corrected chi connectivity index (χ3v) is 5.06. The normalized spacial score (nSPS) is 16.7. The molecule has 0 aromatic carbocycles. The van der Waals surface area contributed by atoms with E-state index in [4.69, 9.17) is 9.40 Å². The second-order valence-corrected chi connectivity index (χ2v) is 7.08. The second kappa shape index (κ2) is 10.3. The van der Waals surface area contributed by atoms with Gasteiger partial charge in [0, 0.05) is 6.42 Å². The number of allylic oxidation sites excluding steroid dienone is 10. The highest BCUT2D eigenvalue weighted by Crippen LogP contribution is 2.24. The molecule has 31 heavy (non-hydrogen) atoms. The van der Waals surface area contributed by atoms with Crippen LogP contribution in [0.15, 0.2) is 96.3 Å². The average molecular weight is 415 g/mol. The van der Waals surface area contributed by atoms with Gasteiger partial charge in [0.25, 0.3) is 0 Å². The first-order chi connectivity index (χ1) is 15.1. The minimum atomic E-state index is -0.405. The Bertz CT molecular complexity index is 1090. The summed E-state index contributed by atoms with van der Waals surface area (Å²) in [4.78, 5) is 18.1. The molecule has 158 valence electrons. The van der Waals surface area contributed by atoms with Crippen LogP contribution in [0.4, 0.5) is 5.82 Å². The molecule has 3 rings (SSSR count). The van der Waals surface area contributed by atoms with Crippen LogP contribution in [0.25, 0.3) is 5.57 Å². The van der Waals surface area contributed by atoms with Crippen molar-refractivity contribution >= 4 is 17.3 Å². The van der Waals surface area contributed by atoms with Crippen molar-refractivity contribution < 1.29 is 13.8 Å². The molecular weight excluding hydrogens is 386 g/mol. The highest BCUT2D eigenvalue weighted by molar-refractivity contribution is 5.83. The van der Waals surface area contributed by atoms with Gasteiger partial charge in [-0.15, -0.1) is 0 Å². The van der Waals surface area contributed by atoms with E-state index in [-0.39, 0.29) is 5.91 Å². The van der Waals surface area contributed by atoms with E-state index in [1.807, 2.05) is 62.4 Å². The average Bonchev–Trinajstić information content (AvgIpc) is 3.40. The molecule has 0 amide bonds. The molecule has 1 aliphatic heterocycles. The van der Waals surface area contributed by atoms with Crippen LogP contribution in [0.1, 0.15) is 35.8 Å². The van der Waals surface area contributed by atoms with Gasteiger partial charge in [-0.25, -0.2) is 9.78 Å². The topological polar surface area (TPSA) is 59.0 Å². The monoisotopic (exact) mass is 414 g/mol. The summed E-state index contributed by atoms with van der Waals surface area (Å²) in [7, 11) is 0. The van der Waals surface area contributed by atoms with Gasteiger partial charge in [-0.3, -0.25) is 5.32 Å². The standard InChI is InChI=1S/C26H27N3O2/c1-5-9-12-19(7-3)16-22-25-28-23(17-21-14-11-15-31-21)26(30)29(25)18-24(27-22)20(8-4)13-10-6-2/h5-15,18,23H,1-2,16-17H2,3-4H3/p+1/b12-9-,13-10-,19-7+,20-8+. The maximum absolute atomic E-state index is 13.2. The molecule has 2 aromatic heterocycles. The van der Waals surface area contributed by atoms with Crippen molar-refractivity contribution in [3.8, 4) is 0 Å². The fraction of sp³-hybridized carbons (Fsp3) is 0.192. The van der Waals surface area contributed by atoms with Gasteiger partial charge in [0.1, 0.15) is 23.3 Å². The fourth-order valence-electron chi connectivity index (χ4n) is 3.45. The number of carbonyl (C=O) groups excluding carboxylic acids is 1. The Morgan fingerprint density at radius 1 is 1.23 bits per heavy atom. The lowest BCUT2D eigenvalue weighted by Gasteiger charge is -2.08. The Kier molecular flexibility index (Phi) is 7.33. The van der Waals surface area contributed by atoms with E-state index in [2.05, 4.69) is 18.5 Å². The van der Waals surface area contributed by atoms with E-state index in [1.165, 1.54) is 0 Å². The highest BCUT2D eigenvalue weighted by atomic mass is 16.3. The van der Waals surface area contributed by atoms with Gasteiger partial charge < -0.3 is 4.42 Å². The van der Waals surface area contributed by atoms with Gasteiger partial charge in [-0.1, -0.05) is 61.8 Å². The first-order valence-corrected chi connectivity index (χ1v) is 10.3. The van der Waals surface area contributed by atoms with E-state index in [0.29, 0.717) is 12.8 Å². The summed E-state index contributed by atoms with van der Waals surface area (Å²) in [5.74, 6) is 1.46. The zero-order chi connectivity index (χ0) is 22.2. The first kappa shape index (κ1) is 22.0. The van der Waals surface area contributed by atoms with Crippen molar-refractivity contribution in [1.29, 1.82) is 0 Å². The lowest BCUT2D eigenvalue weighted by Crippen LogP contribution is -2.44. The Morgan fingerprint density at radius 3 is 2.65 bits per heavy atom. The Balaban J connectivity index is 2.05. The summed E-state index contributed by atoms with van der Waals surface area (Å²) in [6, 6.07) is 3.30. The van der Waals surface area contributed by atoms with Crippen LogP contribution >= 0.6 is 0 Å². The third kappa shape index (κ3) is 5.07. The van der Waals surface area contributed by atoms with Crippen LogP contribution in [0.5, 0.6) is 0 Å². The minimum Gasteiger partial charge on any atom is -0.469 e. The molecule has 2 aromatic rings. The number of anilines is 1. The maximum Gasteiger partial charge on any atom is 0.359 e. The number of nitrogens with zero attached hydrogens (tertiary/aromatic N) is 2. The minimum absolute atomic E-state index is 0.0249. The molecule has 1 unspecified atom stereocenters. The summed E-state index contributed by atoms with van der Waals surface area (Å²) in [6.07, 6.45) is 19.6. The smallest absolute Gasteiger partial charge is 0.359 e. The molecule has 5 nitrogen and oxygen atoms in total. The molecule has 1 N–H and O–H groups in total. The highest BCUT2D eigenvalue weighted by Gasteiger charge is 2.41. The number of nitrogens with one attached hydrogen (secondary N) is 1. The fourth-order valence-corrected chi connectivity index (χ4v) is 3.45. The van der Waals surface area contributed by atoms with Gasteiger partial charge in [0.2, 0.25) is 6.04 Å². The van der Waals surface area contributed by atoms with Gasteiger partial charge in [0.15, 0.2) is 0 Å². The number of carbonyl (C=O) groups is 1. The van der Waals surface area contributed by atoms with Gasteiger partial charge >= 0.3 is 11.7 Å². The van der Waals surface area contributed by atoms with E-state index in [1.54, 1.807) is 29.2 Å². The number of furan rings is 1. The predicted octanol–water partition coefficient (Wildman–Crippen LogP) is 5.02. The summed E-state index contributed by atoms with van der Waals surface area (Å²) in [5.41, 5.74) is 3.54. The largest absolute Gasteiger partial charge is 0.469 e. The quantitative estimate of drug-likeness (QED) is 0.463. The van der Waals surface area contributed by atoms with Crippen molar-refractivity contribution in [3.05, 3.63) is 109 Å². The van der Waals surface area contributed by atoms with Gasteiger partial charge in [0.05, 0.1) is 12.7 Å². The third-order valence-electron chi connectivity index (χ3n) is 5.06. The van der Waals surface area contributed by atoms with Crippen LogP contribution in [-0.2, 0) is 12.8 Å². The number of hydrogen-bond acceptors (Lipinski definition) is 4. The molecule has 5 heteroatoms. The maximum atomic E-state index is 13.2. The first-order valence-electron chi connectivity index (χ1n) is 10.3. The van der Waals surface area contributed by atoms with Crippen LogP contribution in [0.2, 0.25) is 0 Å². The molecule has 0 saturated carbocycles. The molecule has 0 saturated heterocycles. The van der Waals surface area contributed by atoms with Crippen molar-refractivity contribution in [2.24, 2.45) is 0 Å². The van der Waals surface area contributed by atoms with E-state index < -0.39 is 6.04 Å². The molecule has 3 heterocycles. The SMILES string of the molecule is C=C/C=C\C(=C/C)Cc1nc(C(/C=C\C=C)=C/C)c[n+]2c1NC(Cc1ccco1)C2=O. The van der Waals surface area contributed by atoms with Crippen molar-refractivity contribution in [1.82, 2.24) is 4.98 Å². The molecule has 0 bridgehead atoms. The zero-order valence-corrected chi connectivity index (χ0v) is 18.0. The van der Waals surface area contributed by atoms with Crippen LogP contribution in [-0.4, -0.2) is 16.9 Å². The van der Waals surface area contributed by atoms with Crippen molar-refractivity contribution in [2.45, 2.75) is 32.7 Å². The number of aromatic nitrogens is 2. The van der Waals surface area contributed by atoms with Crippen LogP contribution < -0.4 is 9.88 Å². The number of fused-ring (bicyclic) bond motifs is 1. The molecule has 0 aliphatic carbocycles. The predicted molar refractivity (Wildman–Crippen MR) is 125 cm³/mol. The second-order valence-electron chi connectivity index (χ2n) is 7.08. The van der Waals surface area contributed by atoms with Crippen molar-refractivity contribution in [2.75, 3.05) is 5.32 Å². The Labute approximate surface area is 183 Å². The van der Waals surface area contributed by atoms with E-state index >= 15 is 0 Å². The molecule has 1 aliphatic rings. The zero-order valence-electron chi connectivity index (χ0n) is 18.0. The Hall–Kier alpha value is -3.73. The van der Waals surface area contributed by atoms with Crippen LogP contribution in [0.3, 0.4) is 0 Å². The molecule has 0 spiro atoms. The van der Waals surface area contributed by atoms with Gasteiger partial charge in [-0.05, 0) is 37.1 Å².